The van der Waals surface area contributed by atoms with Crippen LogP contribution in [0.5, 0.6) is 0 Å². The van der Waals surface area contributed by atoms with Crippen molar-refractivity contribution in [3.63, 3.8) is 0 Å². The summed E-state index contributed by atoms with van der Waals surface area (Å²) in [7, 11) is 0. The van der Waals surface area contributed by atoms with Crippen LogP contribution in [0.2, 0.25) is 0 Å². The number of allylic oxidation sites excluding steroid dienone is 4. The Balaban J connectivity index is 2.34. The van der Waals surface area contributed by atoms with Crippen LogP contribution in [-0.4, -0.2) is 0 Å². The SMILES string of the molecule is C=CCC(C/C=C(/C)N)CC1CC1=C. The van der Waals surface area contributed by atoms with Crippen LogP contribution in [-0.2, 0) is 0 Å². The molecule has 1 saturated carbocycles. The average molecular weight is 191 g/mol. The Labute approximate surface area is 87.4 Å². The van der Waals surface area contributed by atoms with Gasteiger partial charge in [0.2, 0.25) is 0 Å². The van der Waals surface area contributed by atoms with Gasteiger partial charge in [0, 0.05) is 5.70 Å². The molecule has 14 heavy (non-hydrogen) atoms. The molecule has 0 aromatic heterocycles. The van der Waals surface area contributed by atoms with E-state index in [1.165, 1.54) is 18.4 Å². The first-order valence-corrected chi connectivity index (χ1v) is 5.34. The van der Waals surface area contributed by atoms with Crippen molar-refractivity contribution in [2.24, 2.45) is 17.6 Å². The van der Waals surface area contributed by atoms with E-state index in [1.807, 2.05) is 13.0 Å². The van der Waals surface area contributed by atoms with Crippen molar-refractivity contribution in [1.82, 2.24) is 0 Å². The maximum absolute atomic E-state index is 5.63. The van der Waals surface area contributed by atoms with E-state index < -0.39 is 0 Å². The highest BCUT2D eigenvalue weighted by atomic mass is 14.5. The topological polar surface area (TPSA) is 26.0 Å². The largest absolute Gasteiger partial charge is 0.403 e. The molecular weight excluding hydrogens is 170 g/mol. The summed E-state index contributed by atoms with van der Waals surface area (Å²) in [5.74, 6) is 1.49. The molecule has 0 spiro atoms. The molecule has 2 unspecified atom stereocenters. The fourth-order valence-corrected chi connectivity index (χ4v) is 1.79. The third-order valence-corrected chi connectivity index (χ3v) is 2.82. The second kappa shape index (κ2) is 5.04. The second-order valence-electron chi connectivity index (χ2n) is 4.37. The van der Waals surface area contributed by atoms with Gasteiger partial charge in [-0.1, -0.05) is 24.3 Å². The summed E-state index contributed by atoms with van der Waals surface area (Å²) in [6, 6.07) is 0. The number of rotatable bonds is 6. The maximum atomic E-state index is 5.63. The number of hydrogen-bond acceptors (Lipinski definition) is 1. The highest BCUT2D eigenvalue weighted by Gasteiger charge is 2.29. The lowest BCUT2D eigenvalue weighted by Crippen LogP contribution is -2.01. The van der Waals surface area contributed by atoms with Crippen molar-refractivity contribution in [2.75, 3.05) is 0 Å². The van der Waals surface area contributed by atoms with Crippen LogP contribution in [0.4, 0.5) is 0 Å². The zero-order chi connectivity index (χ0) is 10.6. The Morgan fingerprint density at radius 1 is 1.64 bits per heavy atom. The monoisotopic (exact) mass is 191 g/mol. The van der Waals surface area contributed by atoms with E-state index in [0.29, 0.717) is 5.92 Å². The number of hydrogen-bond donors (Lipinski definition) is 1. The minimum atomic E-state index is 0.704. The van der Waals surface area contributed by atoms with Crippen molar-refractivity contribution in [1.29, 1.82) is 0 Å². The molecule has 0 radical (unpaired) electrons. The van der Waals surface area contributed by atoms with Gasteiger partial charge in [-0.15, -0.1) is 6.58 Å². The Morgan fingerprint density at radius 3 is 2.71 bits per heavy atom. The van der Waals surface area contributed by atoms with Gasteiger partial charge in [0.05, 0.1) is 0 Å². The third-order valence-electron chi connectivity index (χ3n) is 2.82. The average Bonchev–Trinajstić information content (AvgIpc) is 2.78. The Hall–Kier alpha value is -0.980. The Bertz CT molecular complexity index is 246. The summed E-state index contributed by atoms with van der Waals surface area (Å²) in [5, 5.41) is 0. The minimum absolute atomic E-state index is 0.704. The molecule has 78 valence electrons. The van der Waals surface area contributed by atoms with Crippen molar-refractivity contribution in [2.45, 2.75) is 32.6 Å². The zero-order valence-corrected chi connectivity index (χ0v) is 9.13. The van der Waals surface area contributed by atoms with Gasteiger partial charge in [-0.25, -0.2) is 0 Å². The van der Waals surface area contributed by atoms with Crippen LogP contribution < -0.4 is 5.73 Å². The Morgan fingerprint density at radius 2 is 2.29 bits per heavy atom. The quantitative estimate of drug-likeness (QED) is 0.640. The fraction of sp³-hybridized carbons (Fsp3) is 0.538. The predicted octanol–water partition coefficient (Wildman–Crippen LogP) is 3.40. The highest BCUT2D eigenvalue weighted by Crippen LogP contribution is 2.42. The van der Waals surface area contributed by atoms with Crippen LogP contribution in [0.15, 0.2) is 36.6 Å². The van der Waals surface area contributed by atoms with Gasteiger partial charge >= 0.3 is 0 Å². The molecule has 1 rings (SSSR count). The summed E-state index contributed by atoms with van der Waals surface area (Å²) in [6.07, 6.45) is 8.80. The molecule has 0 bridgehead atoms. The standard InChI is InChI=1S/C13H21N/c1-4-5-12(7-6-11(3)14)9-13-8-10(13)2/h4,6,12-13H,1-2,5,7-9,14H2,3H3/b11-6-. The molecule has 0 aromatic carbocycles. The van der Waals surface area contributed by atoms with Gasteiger partial charge in [-0.2, -0.15) is 0 Å². The first-order valence-electron chi connectivity index (χ1n) is 5.34. The number of nitrogens with two attached hydrogens (primary N) is 1. The molecule has 2 atom stereocenters. The lowest BCUT2D eigenvalue weighted by molar-refractivity contribution is 0.472. The summed E-state index contributed by atoms with van der Waals surface area (Å²) < 4.78 is 0. The Kier molecular flexibility index (Phi) is 3.99. The molecule has 1 aliphatic rings. The van der Waals surface area contributed by atoms with Gasteiger partial charge in [0.1, 0.15) is 0 Å². The second-order valence-corrected chi connectivity index (χ2v) is 4.37. The van der Waals surface area contributed by atoms with Crippen molar-refractivity contribution in [3.05, 3.63) is 36.6 Å². The van der Waals surface area contributed by atoms with Gasteiger partial charge < -0.3 is 5.73 Å². The van der Waals surface area contributed by atoms with E-state index in [-0.39, 0.29) is 0 Å². The molecular formula is C13H21N. The van der Waals surface area contributed by atoms with E-state index in [4.69, 9.17) is 5.73 Å². The van der Waals surface area contributed by atoms with E-state index >= 15 is 0 Å². The fourth-order valence-electron chi connectivity index (χ4n) is 1.79. The van der Waals surface area contributed by atoms with Gasteiger partial charge in [-0.3, -0.25) is 0 Å². The summed E-state index contributed by atoms with van der Waals surface area (Å²) in [5.41, 5.74) is 7.98. The summed E-state index contributed by atoms with van der Waals surface area (Å²) in [4.78, 5) is 0. The maximum Gasteiger partial charge on any atom is 0.000843 e. The lowest BCUT2D eigenvalue weighted by atomic mass is 9.94. The van der Waals surface area contributed by atoms with Gasteiger partial charge in [0.25, 0.3) is 0 Å². The molecule has 0 aromatic rings. The van der Waals surface area contributed by atoms with Crippen molar-refractivity contribution in [3.8, 4) is 0 Å². The lowest BCUT2D eigenvalue weighted by Gasteiger charge is -2.11. The van der Waals surface area contributed by atoms with E-state index in [2.05, 4.69) is 19.2 Å². The predicted molar refractivity (Wildman–Crippen MR) is 62.7 cm³/mol. The smallest absolute Gasteiger partial charge is 0.000843 e. The zero-order valence-electron chi connectivity index (χ0n) is 9.13. The molecule has 1 nitrogen and oxygen atoms in total. The van der Waals surface area contributed by atoms with Crippen LogP contribution >= 0.6 is 0 Å². The van der Waals surface area contributed by atoms with Crippen LogP contribution in [0.25, 0.3) is 0 Å². The molecule has 1 fully saturated rings. The molecule has 2 N–H and O–H groups in total. The molecule has 1 heteroatoms. The molecule has 0 heterocycles. The van der Waals surface area contributed by atoms with E-state index in [9.17, 15) is 0 Å². The van der Waals surface area contributed by atoms with Gasteiger partial charge in [0.15, 0.2) is 0 Å². The first kappa shape index (κ1) is 11.1. The minimum Gasteiger partial charge on any atom is -0.403 e. The molecule has 0 amide bonds. The third kappa shape index (κ3) is 3.82. The summed E-state index contributed by atoms with van der Waals surface area (Å²) in [6.45, 7) is 9.74. The first-order chi connectivity index (χ1) is 6.63. The van der Waals surface area contributed by atoms with Crippen LogP contribution in [0.1, 0.15) is 32.6 Å². The normalized spacial score (nSPS) is 23.4. The van der Waals surface area contributed by atoms with Gasteiger partial charge in [-0.05, 0) is 44.4 Å². The molecule has 0 saturated heterocycles. The highest BCUT2D eigenvalue weighted by molar-refractivity contribution is 5.18. The van der Waals surface area contributed by atoms with Crippen molar-refractivity contribution < 1.29 is 0 Å². The van der Waals surface area contributed by atoms with Crippen LogP contribution in [0.3, 0.4) is 0 Å². The van der Waals surface area contributed by atoms with E-state index in [1.54, 1.807) is 0 Å². The summed E-state index contributed by atoms with van der Waals surface area (Å²) >= 11 is 0. The van der Waals surface area contributed by atoms with Crippen molar-refractivity contribution >= 4 is 0 Å². The van der Waals surface area contributed by atoms with E-state index in [0.717, 1.165) is 24.5 Å². The van der Waals surface area contributed by atoms with Crippen LogP contribution in [0, 0.1) is 11.8 Å². The molecule has 1 aliphatic carbocycles. The molecule has 0 aliphatic heterocycles.